The molecule has 2 aromatic heterocycles. The summed E-state index contributed by atoms with van der Waals surface area (Å²) < 4.78 is 48.9. The number of ether oxygens (including phenoxy) is 1. The van der Waals surface area contributed by atoms with Crippen molar-refractivity contribution in [1.82, 2.24) is 19.5 Å². The largest absolute Gasteiger partial charge is 0.471 e. The van der Waals surface area contributed by atoms with E-state index in [0.717, 1.165) is 16.8 Å². The van der Waals surface area contributed by atoms with Gasteiger partial charge in [0.05, 0.1) is 16.9 Å². The van der Waals surface area contributed by atoms with Crippen LogP contribution >= 0.6 is 23.2 Å². The van der Waals surface area contributed by atoms with Crippen LogP contribution in [-0.4, -0.2) is 24.6 Å². The Bertz CT molecular complexity index is 1620. The molecule has 0 saturated heterocycles. The Morgan fingerprint density at radius 3 is 2.42 bits per heavy atom. The van der Waals surface area contributed by atoms with Crippen LogP contribution < -0.4 is 10.3 Å². The average Bonchev–Trinajstić information content (AvgIpc) is 2.84. The third kappa shape index (κ3) is 5.38. The summed E-state index contributed by atoms with van der Waals surface area (Å²) in [5, 5.41) is 9.95. The summed E-state index contributed by atoms with van der Waals surface area (Å²) in [6, 6.07) is 6.39. The number of halogens is 5. The lowest BCUT2D eigenvalue weighted by Crippen LogP contribution is -2.24. The molecule has 7 nitrogen and oxygen atoms in total. The van der Waals surface area contributed by atoms with Crippen molar-refractivity contribution in [2.45, 2.75) is 39.9 Å². The van der Waals surface area contributed by atoms with Crippen LogP contribution in [0, 0.1) is 31.3 Å². The summed E-state index contributed by atoms with van der Waals surface area (Å²) in [5.74, 6) is -2.41. The van der Waals surface area contributed by atoms with Gasteiger partial charge in [-0.3, -0.25) is 9.36 Å². The smallest absolute Gasteiger partial charge is 0.280 e. The van der Waals surface area contributed by atoms with Gasteiger partial charge in [-0.25, -0.2) is 23.1 Å². The lowest BCUT2D eigenvalue weighted by molar-refractivity contribution is 0.0686. The zero-order chi connectivity index (χ0) is 27.9. The molecule has 0 fully saturated rings. The fourth-order valence-electron chi connectivity index (χ4n) is 3.63. The van der Waals surface area contributed by atoms with E-state index in [1.165, 1.54) is 52.0 Å². The molecule has 0 unspecified atom stereocenters. The summed E-state index contributed by atoms with van der Waals surface area (Å²) in [6.07, 6.45) is 0.942. The summed E-state index contributed by atoms with van der Waals surface area (Å²) in [7, 11) is 0. The lowest BCUT2D eigenvalue weighted by atomic mass is 10.1. The minimum atomic E-state index is -1.42. The molecule has 0 aliphatic heterocycles. The molecule has 12 heteroatoms. The number of hydrogen-bond acceptors (Lipinski definition) is 6. The van der Waals surface area contributed by atoms with Crippen LogP contribution in [0.15, 0.2) is 41.3 Å². The third-order valence-electron chi connectivity index (χ3n) is 5.61. The first-order valence-corrected chi connectivity index (χ1v) is 12.0. The molecule has 0 aliphatic rings. The summed E-state index contributed by atoms with van der Waals surface area (Å²) in [6.45, 7) is 5.54. The monoisotopic (exact) mass is 564 g/mol. The Morgan fingerprint density at radius 2 is 1.74 bits per heavy atom. The molecule has 198 valence electrons. The second-order valence-electron chi connectivity index (χ2n) is 9.02. The molecule has 0 spiro atoms. The first-order valence-electron chi connectivity index (χ1n) is 11.2. The highest BCUT2D eigenvalue weighted by molar-refractivity contribution is 6.33. The van der Waals surface area contributed by atoms with E-state index in [0.29, 0.717) is 0 Å². The van der Waals surface area contributed by atoms with Crippen molar-refractivity contribution >= 4 is 23.2 Å². The van der Waals surface area contributed by atoms with Gasteiger partial charge in [0.1, 0.15) is 35.4 Å². The summed E-state index contributed by atoms with van der Waals surface area (Å²) in [4.78, 5) is 25.4. The molecule has 0 atom stereocenters. The molecule has 1 N–H and O–H groups in total. The highest BCUT2D eigenvalue weighted by Gasteiger charge is 2.23. The number of benzene rings is 2. The van der Waals surface area contributed by atoms with E-state index in [2.05, 4.69) is 15.0 Å². The van der Waals surface area contributed by atoms with Gasteiger partial charge in [-0.1, -0.05) is 29.3 Å². The molecular formula is C26H21Cl2F3N4O3. The van der Waals surface area contributed by atoms with E-state index in [1.807, 2.05) is 0 Å². The minimum absolute atomic E-state index is 0.00209. The van der Waals surface area contributed by atoms with Gasteiger partial charge in [0.15, 0.2) is 16.7 Å². The van der Waals surface area contributed by atoms with E-state index < -0.39 is 33.6 Å². The molecule has 2 aromatic carbocycles. The number of nitrogens with zero attached hydrogens (tertiary/aromatic N) is 4. The van der Waals surface area contributed by atoms with Crippen molar-refractivity contribution in [2.75, 3.05) is 0 Å². The SMILES string of the molecule is Cc1cc(COc2nc(C)n(-c3cc(-c4nc(C(C)(C)O)ncc4F)ccc3Cl)c(=O)c2Cl)c(F)cc1F. The van der Waals surface area contributed by atoms with Crippen LogP contribution in [0.4, 0.5) is 13.2 Å². The topological polar surface area (TPSA) is 90.1 Å². The van der Waals surface area contributed by atoms with Crippen LogP contribution in [0.3, 0.4) is 0 Å². The maximum atomic E-state index is 14.6. The number of hydrogen-bond donors (Lipinski definition) is 1. The number of rotatable bonds is 6. The predicted octanol–water partition coefficient (Wildman–Crippen LogP) is 5.84. The van der Waals surface area contributed by atoms with Crippen molar-refractivity contribution in [3.63, 3.8) is 0 Å². The van der Waals surface area contributed by atoms with Gasteiger partial charge >= 0.3 is 0 Å². The third-order valence-corrected chi connectivity index (χ3v) is 6.25. The zero-order valence-electron chi connectivity index (χ0n) is 20.6. The van der Waals surface area contributed by atoms with Gasteiger partial charge in [0, 0.05) is 17.2 Å². The van der Waals surface area contributed by atoms with Gasteiger partial charge in [-0.05, 0) is 51.5 Å². The van der Waals surface area contributed by atoms with Crippen LogP contribution in [-0.2, 0) is 12.2 Å². The van der Waals surface area contributed by atoms with Crippen LogP contribution in [0.5, 0.6) is 5.88 Å². The van der Waals surface area contributed by atoms with Crippen LogP contribution in [0.1, 0.15) is 36.6 Å². The average molecular weight is 565 g/mol. The summed E-state index contributed by atoms with van der Waals surface area (Å²) >= 11 is 12.6. The molecular weight excluding hydrogens is 544 g/mol. The molecule has 38 heavy (non-hydrogen) atoms. The Kier molecular flexibility index (Phi) is 7.51. The Morgan fingerprint density at radius 1 is 1.03 bits per heavy atom. The van der Waals surface area contributed by atoms with E-state index in [1.54, 1.807) is 0 Å². The van der Waals surface area contributed by atoms with Crippen LogP contribution in [0.25, 0.3) is 16.9 Å². The molecule has 4 rings (SSSR count). The maximum absolute atomic E-state index is 14.6. The lowest BCUT2D eigenvalue weighted by Gasteiger charge is -2.17. The van der Waals surface area contributed by atoms with Gasteiger partial charge in [0.2, 0.25) is 5.88 Å². The van der Waals surface area contributed by atoms with Crippen molar-refractivity contribution in [2.24, 2.45) is 0 Å². The number of aromatic nitrogens is 4. The van der Waals surface area contributed by atoms with Gasteiger partial charge in [0.25, 0.3) is 5.56 Å². The highest BCUT2D eigenvalue weighted by Crippen LogP contribution is 2.30. The molecule has 0 radical (unpaired) electrons. The first-order chi connectivity index (χ1) is 17.8. The number of aliphatic hydroxyl groups is 1. The second kappa shape index (κ2) is 10.4. The van der Waals surface area contributed by atoms with Gasteiger partial charge in [-0.2, -0.15) is 4.98 Å². The minimum Gasteiger partial charge on any atom is -0.471 e. The summed E-state index contributed by atoms with van der Waals surface area (Å²) in [5.41, 5.74) is -1.62. The molecule has 4 aromatic rings. The van der Waals surface area contributed by atoms with Crippen LogP contribution in [0.2, 0.25) is 10.0 Å². The van der Waals surface area contributed by atoms with E-state index in [4.69, 9.17) is 27.9 Å². The first kappa shape index (κ1) is 27.6. The fourth-order valence-corrected chi connectivity index (χ4v) is 4.01. The van der Waals surface area contributed by atoms with E-state index in [9.17, 15) is 23.1 Å². The molecule has 2 heterocycles. The molecule has 0 bridgehead atoms. The molecule has 0 saturated carbocycles. The van der Waals surface area contributed by atoms with E-state index in [-0.39, 0.29) is 57.2 Å². The number of aryl methyl sites for hydroxylation is 2. The molecule has 0 aliphatic carbocycles. The second-order valence-corrected chi connectivity index (χ2v) is 9.80. The van der Waals surface area contributed by atoms with Crippen molar-refractivity contribution in [3.05, 3.63) is 97.2 Å². The van der Waals surface area contributed by atoms with Gasteiger partial charge in [-0.15, -0.1) is 0 Å². The highest BCUT2D eigenvalue weighted by atomic mass is 35.5. The van der Waals surface area contributed by atoms with Crippen molar-refractivity contribution in [1.29, 1.82) is 0 Å². The Hall–Kier alpha value is -3.47. The quantitative estimate of drug-likeness (QED) is 0.316. The Balaban J connectivity index is 1.75. The van der Waals surface area contributed by atoms with Crippen molar-refractivity contribution < 1.29 is 23.0 Å². The predicted molar refractivity (Wildman–Crippen MR) is 136 cm³/mol. The standard InChI is InChI=1S/C26H21Cl2F3N4O3/c1-12-7-15(18(30)9-17(12)29)11-38-23-21(28)24(36)35(13(2)33-23)20-8-14(5-6-16(20)27)22-19(31)10-32-25(34-22)26(3,4)37/h5-10,37H,11H2,1-4H3. The normalized spacial score (nSPS) is 11.6. The Labute approximate surface area is 225 Å². The molecule has 0 amide bonds. The maximum Gasteiger partial charge on any atom is 0.280 e. The zero-order valence-corrected chi connectivity index (χ0v) is 22.1. The van der Waals surface area contributed by atoms with Crippen molar-refractivity contribution in [3.8, 4) is 22.8 Å². The fraction of sp³-hybridized carbons (Fsp3) is 0.231. The van der Waals surface area contributed by atoms with E-state index >= 15 is 0 Å². The van der Waals surface area contributed by atoms with Gasteiger partial charge < -0.3 is 9.84 Å².